The van der Waals surface area contributed by atoms with E-state index in [1.165, 1.54) is 7.11 Å². The van der Waals surface area contributed by atoms with E-state index in [1.807, 2.05) is 0 Å². The van der Waals surface area contributed by atoms with Crippen molar-refractivity contribution in [1.82, 2.24) is 5.32 Å². The summed E-state index contributed by atoms with van der Waals surface area (Å²) in [5.41, 5.74) is -0.638. The summed E-state index contributed by atoms with van der Waals surface area (Å²) in [7, 11) is 1.38. The summed E-state index contributed by atoms with van der Waals surface area (Å²) >= 11 is 0. The smallest absolute Gasteiger partial charge is 0.331 e. The molecular weight excluding hydrogens is 170 g/mol. The molecule has 4 nitrogen and oxygen atoms in total. The maximum absolute atomic E-state index is 11.5. The quantitative estimate of drug-likeness (QED) is 0.564. The maximum atomic E-state index is 11.5. The Labute approximate surface area is 75.6 Å². The zero-order valence-electron chi connectivity index (χ0n) is 7.37. The summed E-state index contributed by atoms with van der Waals surface area (Å²) in [5.74, 6) is 0.624. The number of ether oxygens (including phenoxy) is 1. The lowest BCUT2D eigenvalue weighted by Gasteiger charge is -2.23. The summed E-state index contributed by atoms with van der Waals surface area (Å²) in [6.07, 6.45) is 1.75. The van der Waals surface area contributed by atoms with Crippen LogP contribution in [0, 0.1) is 17.8 Å². The monoisotopic (exact) mass is 181 g/mol. The number of methoxy groups -OCH3 is 1. The van der Waals surface area contributed by atoms with Gasteiger partial charge in [-0.25, -0.2) is 4.79 Å². The summed E-state index contributed by atoms with van der Waals surface area (Å²) in [6, 6.07) is 0. The van der Waals surface area contributed by atoms with Crippen LogP contribution in [0.4, 0.5) is 0 Å². The number of hydrogen-bond donors (Lipinski definition) is 1. The third kappa shape index (κ3) is 0.607. The lowest BCUT2D eigenvalue weighted by Crippen LogP contribution is -2.51. The first-order valence-corrected chi connectivity index (χ1v) is 4.61. The van der Waals surface area contributed by atoms with Crippen LogP contribution in [-0.2, 0) is 14.3 Å². The minimum atomic E-state index is -0.638. The number of fused-ring (bicyclic) bond motifs is 1. The Morgan fingerprint density at radius 2 is 2.46 bits per heavy atom. The van der Waals surface area contributed by atoms with E-state index < -0.39 is 5.54 Å². The van der Waals surface area contributed by atoms with Crippen LogP contribution in [0.2, 0.25) is 0 Å². The van der Waals surface area contributed by atoms with Crippen LogP contribution in [0.25, 0.3) is 0 Å². The van der Waals surface area contributed by atoms with Gasteiger partial charge in [0.15, 0.2) is 0 Å². The van der Waals surface area contributed by atoms with Gasteiger partial charge in [0.1, 0.15) is 5.54 Å². The lowest BCUT2D eigenvalue weighted by atomic mass is 9.95. The first-order chi connectivity index (χ1) is 6.20. The second-order valence-corrected chi connectivity index (χ2v) is 4.21. The lowest BCUT2D eigenvalue weighted by molar-refractivity contribution is -0.149. The molecule has 0 aromatic heterocycles. The van der Waals surface area contributed by atoms with Gasteiger partial charge in [0, 0.05) is 11.8 Å². The van der Waals surface area contributed by atoms with Gasteiger partial charge < -0.3 is 10.1 Å². The van der Waals surface area contributed by atoms with Crippen LogP contribution in [0.15, 0.2) is 0 Å². The van der Waals surface area contributed by atoms with Gasteiger partial charge in [0.05, 0.1) is 7.11 Å². The van der Waals surface area contributed by atoms with E-state index in [2.05, 4.69) is 5.32 Å². The van der Waals surface area contributed by atoms with Crippen molar-refractivity contribution in [1.29, 1.82) is 0 Å². The molecule has 0 radical (unpaired) electrons. The van der Waals surface area contributed by atoms with E-state index in [4.69, 9.17) is 4.74 Å². The number of nitrogens with one attached hydrogen (secondary N) is 1. The molecular formula is C9H11NO3. The fourth-order valence-electron chi connectivity index (χ4n) is 3.24. The van der Waals surface area contributed by atoms with Gasteiger partial charge in [0.25, 0.3) is 0 Å². The Bertz CT molecular complexity index is 314. The van der Waals surface area contributed by atoms with Crippen molar-refractivity contribution in [2.45, 2.75) is 18.4 Å². The van der Waals surface area contributed by atoms with E-state index in [0.717, 1.165) is 12.8 Å². The van der Waals surface area contributed by atoms with Gasteiger partial charge in [-0.1, -0.05) is 0 Å². The van der Waals surface area contributed by atoms with E-state index in [1.54, 1.807) is 0 Å². The Morgan fingerprint density at radius 3 is 3.08 bits per heavy atom. The van der Waals surface area contributed by atoms with Crippen LogP contribution in [0.1, 0.15) is 12.8 Å². The Hall–Kier alpha value is -1.06. The fourth-order valence-corrected chi connectivity index (χ4v) is 3.24. The second-order valence-electron chi connectivity index (χ2n) is 4.21. The molecule has 0 aromatic rings. The van der Waals surface area contributed by atoms with Crippen LogP contribution in [0.3, 0.4) is 0 Å². The Kier molecular flexibility index (Phi) is 1.07. The second kappa shape index (κ2) is 1.89. The van der Waals surface area contributed by atoms with Crippen molar-refractivity contribution in [3.8, 4) is 0 Å². The zero-order chi connectivity index (χ0) is 9.22. The molecule has 1 aliphatic heterocycles. The average Bonchev–Trinajstić information content (AvgIpc) is 2.69. The maximum Gasteiger partial charge on any atom is 0.331 e. The first kappa shape index (κ1) is 7.35. The number of piperidine rings is 1. The first-order valence-electron chi connectivity index (χ1n) is 4.61. The van der Waals surface area contributed by atoms with Crippen molar-refractivity contribution in [2.75, 3.05) is 7.11 Å². The molecule has 1 heterocycles. The predicted octanol–water partition coefficient (Wildman–Crippen LogP) is -0.316. The van der Waals surface area contributed by atoms with Gasteiger partial charge in [-0.05, 0) is 18.8 Å². The van der Waals surface area contributed by atoms with Crippen LogP contribution in [0.5, 0.6) is 0 Å². The molecule has 2 aliphatic carbocycles. The van der Waals surface area contributed by atoms with Gasteiger partial charge in [-0.2, -0.15) is 0 Å². The van der Waals surface area contributed by atoms with Crippen molar-refractivity contribution in [3.63, 3.8) is 0 Å². The third-order valence-electron chi connectivity index (χ3n) is 3.81. The molecule has 3 aliphatic rings. The number of hydrogen-bond acceptors (Lipinski definition) is 3. The highest BCUT2D eigenvalue weighted by atomic mass is 16.5. The molecule has 0 aromatic carbocycles. The largest absolute Gasteiger partial charge is 0.467 e. The molecule has 4 unspecified atom stereocenters. The van der Waals surface area contributed by atoms with Crippen molar-refractivity contribution < 1.29 is 14.3 Å². The summed E-state index contributed by atoms with van der Waals surface area (Å²) in [5, 5.41) is 2.80. The van der Waals surface area contributed by atoms with Gasteiger partial charge in [-0.3, -0.25) is 4.79 Å². The fraction of sp³-hybridized carbons (Fsp3) is 0.778. The number of carbonyl (C=O) groups is 2. The molecule has 3 fully saturated rings. The number of rotatable bonds is 1. The van der Waals surface area contributed by atoms with Gasteiger partial charge in [0.2, 0.25) is 5.91 Å². The van der Waals surface area contributed by atoms with Crippen molar-refractivity contribution in [3.05, 3.63) is 0 Å². The Morgan fingerprint density at radius 1 is 1.69 bits per heavy atom. The highest BCUT2D eigenvalue weighted by Crippen LogP contribution is 2.66. The standard InChI is InChI=1S/C9H11NO3/c1-13-8(12)9-3-2-4-5(6(4)9)7(11)10-9/h4-6H,2-3H2,1H3,(H,10,11). The number of amides is 1. The van der Waals surface area contributed by atoms with Gasteiger partial charge >= 0.3 is 5.97 Å². The molecule has 1 amide bonds. The van der Waals surface area contributed by atoms with E-state index in [0.29, 0.717) is 5.92 Å². The average molecular weight is 181 g/mol. The molecule has 70 valence electrons. The molecule has 3 rings (SSSR count). The highest BCUT2D eigenvalue weighted by Gasteiger charge is 2.76. The molecule has 4 heteroatoms. The molecule has 13 heavy (non-hydrogen) atoms. The predicted molar refractivity (Wildman–Crippen MR) is 42.6 cm³/mol. The SMILES string of the molecule is COC(=O)C12CCC3C(C(=O)N1)C32. The Balaban J connectivity index is 2.00. The van der Waals surface area contributed by atoms with E-state index in [9.17, 15) is 9.59 Å². The minimum absolute atomic E-state index is 0.0536. The van der Waals surface area contributed by atoms with Gasteiger partial charge in [-0.15, -0.1) is 0 Å². The van der Waals surface area contributed by atoms with Crippen LogP contribution >= 0.6 is 0 Å². The molecule has 2 saturated carbocycles. The molecule has 0 bridgehead atoms. The molecule has 0 spiro atoms. The molecule has 1 saturated heterocycles. The molecule has 1 N–H and O–H groups in total. The van der Waals surface area contributed by atoms with Crippen molar-refractivity contribution >= 4 is 11.9 Å². The summed E-state index contributed by atoms with van der Waals surface area (Å²) in [4.78, 5) is 22.9. The van der Waals surface area contributed by atoms with Crippen molar-refractivity contribution in [2.24, 2.45) is 17.8 Å². The topological polar surface area (TPSA) is 55.4 Å². The van der Waals surface area contributed by atoms with Crippen LogP contribution < -0.4 is 5.32 Å². The zero-order valence-corrected chi connectivity index (χ0v) is 7.37. The number of carbonyl (C=O) groups excluding carboxylic acids is 2. The highest BCUT2D eigenvalue weighted by molar-refractivity contribution is 5.98. The van der Waals surface area contributed by atoms with E-state index >= 15 is 0 Å². The molecule has 4 atom stereocenters. The normalized spacial score (nSPS) is 49.9. The summed E-state index contributed by atoms with van der Waals surface area (Å²) < 4.78 is 4.75. The number of esters is 1. The van der Waals surface area contributed by atoms with Crippen LogP contribution in [-0.4, -0.2) is 24.5 Å². The third-order valence-corrected chi connectivity index (χ3v) is 3.81. The summed E-state index contributed by atoms with van der Waals surface area (Å²) in [6.45, 7) is 0. The van der Waals surface area contributed by atoms with E-state index in [-0.39, 0.29) is 23.7 Å². The minimum Gasteiger partial charge on any atom is -0.467 e.